The maximum atomic E-state index is 5.43. The summed E-state index contributed by atoms with van der Waals surface area (Å²) in [4.78, 5) is 9.21. The van der Waals surface area contributed by atoms with Gasteiger partial charge in [0, 0.05) is 52.4 Å². The van der Waals surface area contributed by atoms with Gasteiger partial charge in [0.2, 0.25) is 0 Å². The standard InChI is InChI=1S/C26H39N5O/c1-22(30(3)20-24-7-5-4-6-8-24)13-14-28-26(27-2)29-19-23-9-11-25(12-10-23)21-31-15-17-32-18-16-31/h4-12,22H,13-21H2,1-3H3,(H2,27,28,29). The van der Waals surface area contributed by atoms with Gasteiger partial charge in [0.05, 0.1) is 13.2 Å². The van der Waals surface area contributed by atoms with Crippen molar-refractivity contribution in [1.82, 2.24) is 20.4 Å². The van der Waals surface area contributed by atoms with E-state index in [1.165, 1.54) is 16.7 Å². The Kier molecular flexibility index (Phi) is 10.0. The Morgan fingerprint density at radius 3 is 2.38 bits per heavy atom. The van der Waals surface area contributed by atoms with Crippen LogP contribution in [0.3, 0.4) is 0 Å². The zero-order valence-corrected chi connectivity index (χ0v) is 19.9. The molecule has 1 unspecified atom stereocenters. The monoisotopic (exact) mass is 437 g/mol. The highest BCUT2D eigenvalue weighted by molar-refractivity contribution is 5.79. The Morgan fingerprint density at radius 2 is 1.69 bits per heavy atom. The number of nitrogens with zero attached hydrogens (tertiary/aromatic N) is 3. The van der Waals surface area contributed by atoms with Crippen LogP contribution in [0.5, 0.6) is 0 Å². The highest BCUT2D eigenvalue weighted by Gasteiger charge is 2.11. The highest BCUT2D eigenvalue weighted by Crippen LogP contribution is 2.10. The summed E-state index contributed by atoms with van der Waals surface area (Å²) in [6.45, 7) is 9.62. The van der Waals surface area contributed by atoms with Crippen LogP contribution in [0.2, 0.25) is 0 Å². The van der Waals surface area contributed by atoms with Gasteiger partial charge in [0.1, 0.15) is 0 Å². The van der Waals surface area contributed by atoms with Crippen molar-refractivity contribution in [3.63, 3.8) is 0 Å². The quantitative estimate of drug-likeness (QED) is 0.442. The SMILES string of the molecule is CN=C(NCCC(C)N(C)Cc1ccccc1)NCc1ccc(CN2CCOCC2)cc1. The molecular weight excluding hydrogens is 398 g/mol. The fraction of sp³-hybridized carbons (Fsp3) is 0.500. The second kappa shape index (κ2) is 13.2. The maximum absolute atomic E-state index is 5.43. The average Bonchev–Trinajstić information content (AvgIpc) is 2.83. The minimum atomic E-state index is 0.486. The molecule has 1 heterocycles. The molecule has 0 spiro atoms. The van der Waals surface area contributed by atoms with Crippen molar-refractivity contribution in [2.75, 3.05) is 46.9 Å². The number of morpholine rings is 1. The molecule has 0 radical (unpaired) electrons. The van der Waals surface area contributed by atoms with E-state index in [9.17, 15) is 0 Å². The second-order valence-corrected chi connectivity index (χ2v) is 8.60. The van der Waals surface area contributed by atoms with Gasteiger partial charge in [0.15, 0.2) is 5.96 Å². The second-order valence-electron chi connectivity index (χ2n) is 8.60. The minimum absolute atomic E-state index is 0.486. The molecule has 0 aliphatic carbocycles. The lowest BCUT2D eigenvalue weighted by atomic mass is 10.1. The van der Waals surface area contributed by atoms with Gasteiger partial charge in [0.25, 0.3) is 0 Å². The Morgan fingerprint density at radius 1 is 1.00 bits per heavy atom. The molecule has 2 N–H and O–H groups in total. The molecule has 2 aromatic carbocycles. The third kappa shape index (κ3) is 8.26. The van der Waals surface area contributed by atoms with Crippen molar-refractivity contribution in [2.45, 2.75) is 39.0 Å². The summed E-state index contributed by atoms with van der Waals surface area (Å²) in [5.41, 5.74) is 3.96. The first-order chi connectivity index (χ1) is 15.6. The topological polar surface area (TPSA) is 52.1 Å². The molecule has 32 heavy (non-hydrogen) atoms. The predicted molar refractivity (Wildman–Crippen MR) is 133 cm³/mol. The molecular formula is C26H39N5O. The van der Waals surface area contributed by atoms with Crippen LogP contribution in [0, 0.1) is 0 Å². The molecule has 1 fully saturated rings. The summed E-state index contributed by atoms with van der Waals surface area (Å²) >= 11 is 0. The van der Waals surface area contributed by atoms with Crippen molar-refractivity contribution >= 4 is 5.96 Å². The van der Waals surface area contributed by atoms with Gasteiger partial charge in [-0.2, -0.15) is 0 Å². The molecule has 3 rings (SSSR count). The van der Waals surface area contributed by atoms with E-state index in [1.807, 2.05) is 7.05 Å². The van der Waals surface area contributed by atoms with E-state index in [0.29, 0.717) is 6.04 Å². The van der Waals surface area contributed by atoms with Gasteiger partial charge >= 0.3 is 0 Å². The third-order valence-electron chi connectivity index (χ3n) is 6.10. The lowest BCUT2D eigenvalue weighted by Crippen LogP contribution is -2.39. The lowest BCUT2D eigenvalue weighted by Gasteiger charge is -2.26. The number of nitrogens with one attached hydrogen (secondary N) is 2. The molecule has 0 saturated carbocycles. The molecule has 6 heteroatoms. The van der Waals surface area contributed by atoms with Crippen LogP contribution in [0.25, 0.3) is 0 Å². The van der Waals surface area contributed by atoms with Crippen LogP contribution in [0.15, 0.2) is 59.6 Å². The van der Waals surface area contributed by atoms with Crippen LogP contribution in [-0.2, 0) is 24.4 Å². The van der Waals surface area contributed by atoms with Crippen molar-refractivity contribution in [1.29, 1.82) is 0 Å². The minimum Gasteiger partial charge on any atom is -0.379 e. The van der Waals surface area contributed by atoms with Crippen LogP contribution in [0.1, 0.15) is 30.0 Å². The van der Waals surface area contributed by atoms with Crippen molar-refractivity contribution in [2.24, 2.45) is 4.99 Å². The number of hydrogen-bond donors (Lipinski definition) is 2. The smallest absolute Gasteiger partial charge is 0.191 e. The summed E-state index contributed by atoms with van der Waals surface area (Å²) in [5.74, 6) is 0.848. The van der Waals surface area contributed by atoms with Crippen molar-refractivity contribution in [3.8, 4) is 0 Å². The first kappa shape index (κ1) is 24.2. The van der Waals surface area contributed by atoms with Gasteiger partial charge in [-0.05, 0) is 37.1 Å². The van der Waals surface area contributed by atoms with Crippen LogP contribution < -0.4 is 10.6 Å². The lowest BCUT2D eigenvalue weighted by molar-refractivity contribution is 0.0342. The largest absolute Gasteiger partial charge is 0.379 e. The van der Waals surface area contributed by atoms with Crippen LogP contribution >= 0.6 is 0 Å². The van der Waals surface area contributed by atoms with E-state index in [1.54, 1.807) is 0 Å². The van der Waals surface area contributed by atoms with E-state index in [4.69, 9.17) is 4.74 Å². The number of benzene rings is 2. The number of guanidine groups is 1. The van der Waals surface area contributed by atoms with Gasteiger partial charge in [-0.15, -0.1) is 0 Å². The molecule has 174 valence electrons. The molecule has 1 atom stereocenters. The normalized spacial score (nSPS) is 16.2. The van der Waals surface area contributed by atoms with Crippen LogP contribution in [0.4, 0.5) is 0 Å². The van der Waals surface area contributed by atoms with E-state index in [0.717, 1.165) is 64.9 Å². The van der Waals surface area contributed by atoms with Crippen LogP contribution in [-0.4, -0.2) is 68.7 Å². The molecule has 0 amide bonds. The van der Waals surface area contributed by atoms with E-state index in [-0.39, 0.29) is 0 Å². The summed E-state index contributed by atoms with van der Waals surface area (Å²) in [6.07, 6.45) is 1.06. The maximum Gasteiger partial charge on any atom is 0.191 e. The molecule has 0 bridgehead atoms. The Balaban J connectivity index is 1.35. The highest BCUT2D eigenvalue weighted by atomic mass is 16.5. The number of rotatable bonds is 10. The number of hydrogen-bond acceptors (Lipinski definition) is 4. The van der Waals surface area contributed by atoms with E-state index < -0.39 is 0 Å². The zero-order chi connectivity index (χ0) is 22.6. The molecule has 2 aromatic rings. The third-order valence-corrected chi connectivity index (χ3v) is 6.10. The number of aliphatic imine (C=N–C) groups is 1. The Bertz CT molecular complexity index is 803. The first-order valence-electron chi connectivity index (χ1n) is 11.7. The summed E-state index contributed by atoms with van der Waals surface area (Å²) in [5, 5.41) is 6.88. The fourth-order valence-electron chi connectivity index (χ4n) is 3.83. The van der Waals surface area contributed by atoms with Crippen molar-refractivity contribution in [3.05, 3.63) is 71.3 Å². The fourth-order valence-corrected chi connectivity index (χ4v) is 3.83. The van der Waals surface area contributed by atoms with E-state index in [2.05, 4.69) is 94.0 Å². The van der Waals surface area contributed by atoms with E-state index >= 15 is 0 Å². The summed E-state index contributed by atoms with van der Waals surface area (Å²) in [7, 11) is 4.01. The Labute approximate surface area is 193 Å². The first-order valence-corrected chi connectivity index (χ1v) is 11.7. The van der Waals surface area contributed by atoms with Gasteiger partial charge < -0.3 is 15.4 Å². The number of ether oxygens (including phenoxy) is 1. The molecule has 1 saturated heterocycles. The molecule has 0 aromatic heterocycles. The summed E-state index contributed by atoms with van der Waals surface area (Å²) < 4.78 is 5.43. The predicted octanol–water partition coefficient (Wildman–Crippen LogP) is 3.09. The van der Waals surface area contributed by atoms with Gasteiger partial charge in [-0.25, -0.2) is 0 Å². The Hall–Kier alpha value is -2.41. The summed E-state index contributed by atoms with van der Waals surface area (Å²) in [6, 6.07) is 20.0. The molecule has 1 aliphatic heterocycles. The zero-order valence-electron chi connectivity index (χ0n) is 19.9. The molecule has 6 nitrogen and oxygen atoms in total. The van der Waals surface area contributed by atoms with Gasteiger partial charge in [-0.3, -0.25) is 14.8 Å². The average molecular weight is 438 g/mol. The van der Waals surface area contributed by atoms with Gasteiger partial charge in [-0.1, -0.05) is 54.6 Å². The molecule has 1 aliphatic rings. The van der Waals surface area contributed by atoms with Crippen molar-refractivity contribution < 1.29 is 4.74 Å².